The summed E-state index contributed by atoms with van der Waals surface area (Å²) in [5.41, 5.74) is 3.88. The summed E-state index contributed by atoms with van der Waals surface area (Å²) < 4.78 is 5.38. The number of fused-ring (bicyclic) bond motifs is 1. The van der Waals surface area contributed by atoms with Gasteiger partial charge in [0.25, 0.3) is 5.91 Å². The zero-order valence-electron chi connectivity index (χ0n) is 15.0. The molecule has 27 heavy (non-hydrogen) atoms. The minimum absolute atomic E-state index is 0.185. The minimum Gasteiger partial charge on any atom is -0.495 e. The number of para-hydroxylation sites is 1. The monoisotopic (exact) mass is 374 g/mol. The zero-order chi connectivity index (χ0) is 18.8. The maximum absolute atomic E-state index is 13.1. The normalized spacial score (nSPS) is 10.7. The van der Waals surface area contributed by atoms with Gasteiger partial charge in [0.1, 0.15) is 5.75 Å². The summed E-state index contributed by atoms with van der Waals surface area (Å²) in [5, 5.41) is 5.82. The van der Waals surface area contributed by atoms with Crippen molar-refractivity contribution in [2.24, 2.45) is 0 Å². The Morgan fingerprint density at radius 1 is 1.07 bits per heavy atom. The van der Waals surface area contributed by atoms with Crippen LogP contribution in [0, 0.1) is 6.92 Å². The Morgan fingerprint density at radius 3 is 2.70 bits per heavy atom. The Bertz CT molecular complexity index is 1120. The summed E-state index contributed by atoms with van der Waals surface area (Å²) in [4.78, 5) is 18.9. The molecule has 0 saturated carbocycles. The quantitative estimate of drug-likeness (QED) is 0.511. The van der Waals surface area contributed by atoms with Gasteiger partial charge in [-0.25, -0.2) is 4.98 Å². The lowest BCUT2D eigenvalue weighted by molar-refractivity contribution is 0.102. The van der Waals surface area contributed by atoms with Gasteiger partial charge in [0.2, 0.25) is 0 Å². The molecule has 0 radical (unpaired) electrons. The second-order valence-electron chi connectivity index (χ2n) is 6.21. The number of ether oxygens (including phenoxy) is 1. The first-order chi connectivity index (χ1) is 13.2. The van der Waals surface area contributed by atoms with Crippen LogP contribution < -0.4 is 10.1 Å². The number of hydrogen-bond acceptors (Lipinski definition) is 4. The maximum Gasteiger partial charge on any atom is 0.256 e. The number of thiophene rings is 1. The van der Waals surface area contributed by atoms with E-state index in [1.54, 1.807) is 18.4 Å². The summed E-state index contributed by atoms with van der Waals surface area (Å²) in [7, 11) is 1.59. The van der Waals surface area contributed by atoms with E-state index in [2.05, 4.69) is 5.32 Å². The van der Waals surface area contributed by atoms with E-state index in [1.165, 1.54) is 0 Å². The van der Waals surface area contributed by atoms with Gasteiger partial charge in [-0.3, -0.25) is 4.79 Å². The summed E-state index contributed by atoms with van der Waals surface area (Å²) in [6.07, 6.45) is 0. The molecule has 0 aliphatic carbocycles. The Kier molecular flexibility index (Phi) is 4.60. The number of methoxy groups -OCH3 is 1. The fraction of sp³-hybridized carbons (Fsp3) is 0.0909. The van der Waals surface area contributed by atoms with Crippen LogP contribution in [0.2, 0.25) is 0 Å². The van der Waals surface area contributed by atoms with Crippen molar-refractivity contribution in [2.45, 2.75) is 6.92 Å². The number of rotatable bonds is 4. The highest BCUT2D eigenvalue weighted by atomic mass is 32.1. The lowest BCUT2D eigenvalue weighted by atomic mass is 10.1. The molecule has 0 unspecified atom stereocenters. The third-order valence-corrected chi connectivity index (χ3v) is 5.23. The van der Waals surface area contributed by atoms with Gasteiger partial charge in [-0.05, 0) is 48.2 Å². The Balaban J connectivity index is 1.81. The van der Waals surface area contributed by atoms with Crippen LogP contribution in [-0.2, 0) is 0 Å². The Hall–Kier alpha value is -3.18. The van der Waals surface area contributed by atoms with E-state index in [0.717, 1.165) is 27.0 Å². The van der Waals surface area contributed by atoms with Crippen LogP contribution in [0.1, 0.15) is 15.9 Å². The second kappa shape index (κ2) is 7.21. The average Bonchev–Trinajstić information content (AvgIpc) is 3.22. The van der Waals surface area contributed by atoms with Gasteiger partial charge < -0.3 is 10.1 Å². The SMILES string of the molecule is COc1ccc(C)cc1NC(=O)c1cc(-c2cccs2)nc2ccccc12. The summed E-state index contributed by atoms with van der Waals surface area (Å²) in [6, 6.07) is 19.2. The number of pyridine rings is 1. The van der Waals surface area contributed by atoms with Gasteiger partial charge in [0.05, 0.1) is 34.4 Å². The molecule has 134 valence electrons. The standard InChI is InChI=1S/C22H18N2O2S/c1-14-9-10-20(26-2)18(12-14)24-22(25)16-13-19(21-8-5-11-27-21)23-17-7-4-3-6-15(16)17/h3-13H,1-2H3,(H,24,25). The van der Waals surface area contributed by atoms with E-state index in [4.69, 9.17) is 9.72 Å². The van der Waals surface area contributed by atoms with E-state index in [0.29, 0.717) is 17.0 Å². The number of carbonyl (C=O) groups is 1. The molecule has 0 bridgehead atoms. The van der Waals surface area contributed by atoms with Crippen LogP contribution in [0.3, 0.4) is 0 Å². The predicted octanol–water partition coefficient (Wildman–Crippen LogP) is 5.53. The van der Waals surface area contributed by atoms with Crippen LogP contribution in [0.4, 0.5) is 5.69 Å². The lowest BCUT2D eigenvalue weighted by Gasteiger charge is -2.13. The molecule has 2 heterocycles. The molecular weight excluding hydrogens is 356 g/mol. The summed E-state index contributed by atoms with van der Waals surface area (Å²) in [6.45, 7) is 1.98. The molecule has 4 rings (SSSR count). The van der Waals surface area contributed by atoms with Crippen molar-refractivity contribution in [1.82, 2.24) is 4.98 Å². The molecule has 4 aromatic rings. The first-order valence-corrected chi connectivity index (χ1v) is 9.43. The molecule has 2 aromatic carbocycles. The van der Waals surface area contributed by atoms with Gasteiger partial charge in [-0.2, -0.15) is 0 Å². The van der Waals surface area contributed by atoms with Crippen LogP contribution in [0.5, 0.6) is 5.75 Å². The molecule has 0 atom stereocenters. The van der Waals surface area contributed by atoms with Crippen molar-refractivity contribution in [2.75, 3.05) is 12.4 Å². The fourth-order valence-electron chi connectivity index (χ4n) is 3.02. The van der Waals surface area contributed by atoms with Gasteiger partial charge in [0, 0.05) is 5.39 Å². The van der Waals surface area contributed by atoms with Gasteiger partial charge >= 0.3 is 0 Å². The van der Waals surface area contributed by atoms with Gasteiger partial charge in [-0.15, -0.1) is 11.3 Å². The fourth-order valence-corrected chi connectivity index (χ4v) is 3.71. The number of amides is 1. The van der Waals surface area contributed by atoms with Crippen molar-refractivity contribution in [3.8, 4) is 16.3 Å². The van der Waals surface area contributed by atoms with Crippen LogP contribution in [0.25, 0.3) is 21.5 Å². The predicted molar refractivity (Wildman–Crippen MR) is 111 cm³/mol. The Labute approximate surface area is 161 Å². The number of nitrogens with one attached hydrogen (secondary N) is 1. The molecule has 0 aliphatic rings. The van der Waals surface area contributed by atoms with Crippen LogP contribution in [-0.4, -0.2) is 18.0 Å². The maximum atomic E-state index is 13.1. The number of aryl methyl sites for hydroxylation is 1. The first kappa shape index (κ1) is 17.2. The van der Waals surface area contributed by atoms with E-state index in [9.17, 15) is 4.79 Å². The Morgan fingerprint density at radius 2 is 1.93 bits per heavy atom. The van der Waals surface area contributed by atoms with E-state index >= 15 is 0 Å². The van der Waals surface area contributed by atoms with Gasteiger partial charge in [-0.1, -0.05) is 30.3 Å². The molecule has 0 fully saturated rings. The third-order valence-electron chi connectivity index (χ3n) is 4.34. The molecule has 0 aliphatic heterocycles. The second-order valence-corrected chi connectivity index (χ2v) is 7.16. The lowest BCUT2D eigenvalue weighted by Crippen LogP contribution is -2.14. The minimum atomic E-state index is -0.185. The molecule has 4 nitrogen and oxygen atoms in total. The van der Waals surface area contributed by atoms with Crippen molar-refractivity contribution in [3.63, 3.8) is 0 Å². The van der Waals surface area contributed by atoms with Crippen molar-refractivity contribution in [3.05, 3.63) is 77.2 Å². The first-order valence-electron chi connectivity index (χ1n) is 8.55. The summed E-state index contributed by atoms with van der Waals surface area (Å²) in [5.74, 6) is 0.445. The zero-order valence-corrected chi connectivity index (χ0v) is 15.8. The average molecular weight is 374 g/mol. The van der Waals surface area contributed by atoms with Crippen LogP contribution >= 0.6 is 11.3 Å². The van der Waals surface area contributed by atoms with E-state index in [-0.39, 0.29) is 5.91 Å². The highest BCUT2D eigenvalue weighted by Crippen LogP contribution is 2.30. The molecule has 1 amide bonds. The largest absolute Gasteiger partial charge is 0.495 e. The highest BCUT2D eigenvalue weighted by molar-refractivity contribution is 7.13. The smallest absolute Gasteiger partial charge is 0.256 e. The van der Waals surface area contributed by atoms with Crippen molar-refractivity contribution < 1.29 is 9.53 Å². The number of nitrogens with zero attached hydrogens (tertiary/aromatic N) is 1. The highest BCUT2D eigenvalue weighted by Gasteiger charge is 2.16. The molecule has 2 aromatic heterocycles. The summed E-state index contributed by atoms with van der Waals surface area (Å²) >= 11 is 1.60. The number of carbonyl (C=O) groups excluding carboxylic acids is 1. The number of benzene rings is 2. The molecule has 0 saturated heterocycles. The number of hydrogen-bond donors (Lipinski definition) is 1. The van der Waals surface area contributed by atoms with E-state index < -0.39 is 0 Å². The number of aromatic nitrogens is 1. The number of anilines is 1. The molecule has 0 spiro atoms. The topological polar surface area (TPSA) is 51.2 Å². The van der Waals surface area contributed by atoms with Crippen LogP contribution in [0.15, 0.2) is 66.0 Å². The van der Waals surface area contributed by atoms with Crippen molar-refractivity contribution in [1.29, 1.82) is 0 Å². The van der Waals surface area contributed by atoms with Crippen molar-refractivity contribution >= 4 is 33.8 Å². The third kappa shape index (κ3) is 3.41. The molecule has 1 N–H and O–H groups in total. The van der Waals surface area contributed by atoms with E-state index in [1.807, 2.05) is 73.0 Å². The molecule has 5 heteroatoms. The van der Waals surface area contributed by atoms with Gasteiger partial charge in [0.15, 0.2) is 0 Å². The molecular formula is C22H18N2O2S.